The van der Waals surface area contributed by atoms with Crippen LogP contribution >= 0.6 is 0 Å². The summed E-state index contributed by atoms with van der Waals surface area (Å²) in [6, 6.07) is 18.8. The molecule has 3 rings (SSSR count). The quantitative estimate of drug-likeness (QED) is 0.377. The normalized spacial score (nSPS) is 11.6. The smallest absolute Gasteiger partial charge is 0.326 e. The fourth-order valence-electron chi connectivity index (χ4n) is 3.47. The van der Waals surface area contributed by atoms with Crippen LogP contribution in [0, 0.1) is 19.8 Å². The number of aliphatic carboxylic acids is 1. The monoisotopic (exact) mass is 459 g/mol. The van der Waals surface area contributed by atoms with Crippen LogP contribution in [-0.4, -0.2) is 29.1 Å². The Morgan fingerprint density at radius 2 is 1.38 bits per heavy atom. The summed E-state index contributed by atoms with van der Waals surface area (Å²) in [5.41, 5.74) is 5.73. The summed E-state index contributed by atoms with van der Waals surface area (Å²) in [5.74, 6) is -1.71. The number of nitrogens with one attached hydrogen (secondary N) is 3. The molecule has 0 aromatic heterocycles. The van der Waals surface area contributed by atoms with Gasteiger partial charge in [0, 0.05) is 16.9 Å². The zero-order valence-electron chi connectivity index (χ0n) is 19.7. The van der Waals surface area contributed by atoms with Crippen molar-refractivity contribution in [3.8, 4) is 11.1 Å². The lowest BCUT2D eigenvalue weighted by molar-refractivity contribution is -0.140. The number of anilines is 2. The molecule has 4 N–H and O–H groups in total. The number of hydrogen-bond donors (Lipinski definition) is 4. The maximum Gasteiger partial charge on any atom is 0.326 e. The minimum absolute atomic E-state index is 0.226. The molecule has 0 saturated heterocycles. The van der Waals surface area contributed by atoms with Gasteiger partial charge < -0.3 is 21.1 Å². The van der Waals surface area contributed by atoms with Gasteiger partial charge in [-0.15, -0.1) is 0 Å². The number of hydrogen-bond acceptors (Lipinski definition) is 3. The molecule has 3 aromatic carbocycles. The minimum atomic E-state index is -1.06. The second-order valence-corrected chi connectivity index (χ2v) is 8.51. The van der Waals surface area contributed by atoms with Crippen molar-refractivity contribution in [1.82, 2.24) is 5.32 Å². The van der Waals surface area contributed by atoms with Gasteiger partial charge in [0.25, 0.3) is 5.91 Å². The van der Waals surface area contributed by atoms with Gasteiger partial charge in [0.2, 0.25) is 0 Å². The number of aryl methyl sites for hydroxylation is 1. The second kappa shape index (κ2) is 10.7. The Morgan fingerprint density at radius 3 is 1.94 bits per heavy atom. The van der Waals surface area contributed by atoms with Crippen LogP contribution < -0.4 is 16.0 Å². The Bertz CT molecular complexity index is 1190. The van der Waals surface area contributed by atoms with Crippen molar-refractivity contribution in [2.24, 2.45) is 5.92 Å². The molecule has 0 aliphatic carbocycles. The van der Waals surface area contributed by atoms with Crippen molar-refractivity contribution in [2.45, 2.75) is 33.7 Å². The second-order valence-electron chi connectivity index (χ2n) is 8.51. The summed E-state index contributed by atoms with van der Waals surface area (Å²) >= 11 is 0. The predicted octanol–water partition coefficient (Wildman–Crippen LogP) is 5.45. The topological polar surface area (TPSA) is 108 Å². The van der Waals surface area contributed by atoms with Crippen molar-refractivity contribution < 1.29 is 19.5 Å². The molecular formula is C27H29N3O4. The van der Waals surface area contributed by atoms with Crippen molar-refractivity contribution in [3.05, 3.63) is 83.4 Å². The fourth-order valence-corrected chi connectivity index (χ4v) is 3.47. The van der Waals surface area contributed by atoms with Crippen LogP contribution in [0.2, 0.25) is 0 Å². The van der Waals surface area contributed by atoms with E-state index < -0.39 is 17.9 Å². The van der Waals surface area contributed by atoms with Gasteiger partial charge >= 0.3 is 12.0 Å². The first-order valence-electron chi connectivity index (χ1n) is 11.0. The summed E-state index contributed by atoms with van der Waals surface area (Å²) in [6.45, 7) is 7.44. The molecule has 34 heavy (non-hydrogen) atoms. The third kappa shape index (κ3) is 6.01. The van der Waals surface area contributed by atoms with Gasteiger partial charge in [-0.2, -0.15) is 0 Å². The summed E-state index contributed by atoms with van der Waals surface area (Å²) in [5, 5.41) is 17.5. The first-order valence-corrected chi connectivity index (χ1v) is 11.0. The molecule has 3 amide bonds. The van der Waals surface area contributed by atoms with E-state index in [1.54, 1.807) is 50.2 Å². The SMILES string of the molecule is Cc1cccc(NC(=O)Nc2ccc(-c3ccc(C(=O)N[C@@H](C(=O)O)C(C)C)cc3)cc2)c1C. The van der Waals surface area contributed by atoms with E-state index >= 15 is 0 Å². The molecule has 0 fully saturated rings. The number of carbonyl (C=O) groups is 3. The molecule has 176 valence electrons. The average molecular weight is 460 g/mol. The lowest BCUT2D eigenvalue weighted by Crippen LogP contribution is -2.44. The first kappa shape index (κ1) is 24.5. The van der Waals surface area contributed by atoms with Crippen molar-refractivity contribution in [1.29, 1.82) is 0 Å². The fraction of sp³-hybridized carbons (Fsp3) is 0.222. The molecule has 0 spiro atoms. The predicted molar refractivity (Wildman–Crippen MR) is 134 cm³/mol. The van der Waals surface area contributed by atoms with Crippen molar-refractivity contribution >= 4 is 29.3 Å². The van der Waals surface area contributed by atoms with Crippen LogP contribution in [0.4, 0.5) is 16.2 Å². The van der Waals surface area contributed by atoms with Gasteiger partial charge in [-0.25, -0.2) is 9.59 Å². The first-order chi connectivity index (χ1) is 16.2. The highest BCUT2D eigenvalue weighted by Crippen LogP contribution is 2.23. The van der Waals surface area contributed by atoms with Crippen LogP contribution in [0.3, 0.4) is 0 Å². The largest absolute Gasteiger partial charge is 0.480 e. The highest BCUT2D eigenvalue weighted by atomic mass is 16.4. The number of carboxylic acids is 1. The number of amides is 3. The van der Waals surface area contributed by atoms with Gasteiger partial charge in [-0.1, -0.05) is 50.2 Å². The van der Waals surface area contributed by atoms with Crippen LogP contribution in [0.15, 0.2) is 66.7 Å². The molecule has 0 aliphatic rings. The Balaban J connectivity index is 1.63. The molecule has 3 aromatic rings. The van der Waals surface area contributed by atoms with Crippen molar-refractivity contribution in [2.75, 3.05) is 10.6 Å². The maximum absolute atomic E-state index is 12.4. The van der Waals surface area contributed by atoms with E-state index in [0.29, 0.717) is 11.3 Å². The molecule has 0 aliphatic heterocycles. The van der Waals surface area contributed by atoms with E-state index in [0.717, 1.165) is 27.9 Å². The van der Waals surface area contributed by atoms with Gasteiger partial charge in [0.15, 0.2) is 0 Å². The van der Waals surface area contributed by atoms with Crippen LogP contribution in [0.5, 0.6) is 0 Å². The Kier molecular flexibility index (Phi) is 7.68. The zero-order chi connectivity index (χ0) is 24.8. The zero-order valence-corrected chi connectivity index (χ0v) is 19.7. The van der Waals surface area contributed by atoms with Gasteiger partial charge in [0.05, 0.1) is 0 Å². The maximum atomic E-state index is 12.4. The molecule has 7 heteroatoms. The standard InChI is InChI=1S/C27H29N3O4/c1-16(2)24(26(32)33)30-25(31)21-10-8-19(9-11-21)20-12-14-22(15-13-20)28-27(34)29-23-7-5-6-17(3)18(23)4/h5-16,24H,1-4H3,(H,30,31)(H,32,33)(H2,28,29,34)/t24-/m1/s1. The molecule has 0 bridgehead atoms. The number of carbonyl (C=O) groups excluding carboxylic acids is 2. The number of benzene rings is 3. The number of rotatable bonds is 7. The van der Waals surface area contributed by atoms with Crippen LogP contribution in [0.25, 0.3) is 11.1 Å². The van der Waals surface area contributed by atoms with Crippen LogP contribution in [0.1, 0.15) is 35.3 Å². The van der Waals surface area contributed by atoms with E-state index in [2.05, 4.69) is 16.0 Å². The molecule has 0 heterocycles. The highest BCUT2D eigenvalue weighted by Gasteiger charge is 2.23. The Morgan fingerprint density at radius 1 is 0.794 bits per heavy atom. The van der Waals surface area contributed by atoms with E-state index in [9.17, 15) is 19.5 Å². The van der Waals surface area contributed by atoms with Gasteiger partial charge in [-0.05, 0) is 72.4 Å². The van der Waals surface area contributed by atoms with Crippen molar-refractivity contribution in [3.63, 3.8) is 0 Å². The summed E-state index contributed by atoms with van der Waals surface area (Å²) in [6.07, 6.45) is 0. The average Bonchev–Trinajstić information content (AvgIpc) is 2.80. The summed E-state index contributed by atoms with van der Waals surface area (Å²) in [4.78, 5) is 36.1. The van der Waals surface area contributed by atoms with Gasteiger partial charge in [-0.3, -0.25) is 4.79 Å². The van der Waals surface area contributed by atoms with Gasteiger partial charge in [0.1, 0.15) is 6.04 Å². The number of urea groups is 1. The van der Waals surface area contributed by atoms with E-state index in [1.807, 2.05) is 44.2 Å². The Hall–Kier alpha value is -4.13. The molecule has 0 radical (unpaired) electrons. The number of carboxylic acid groups (broad SMARTS) is 1. The minimum Gasteiger partial charge on any atom is -0.480 e. The molecule has 0 saturated carbocycles. The molecular weight excluding hydrogens is 430 g/mol. The molecule has 0 unspecified atom stereocenters. The van der Waals surface area contributed by atoms with E-state index in [-0.39, 0.29) is 11.9 Å². The Labute approximate surface area is 199 Å². The lowest BCUT2D eigenvalue weighted by Gasteiger charge is -2.18. The summed E-state index contributed by atoms with van der Waals surface area (Å²) < 4.78 is 0. The highest BCUT2D eigenvalue weighted by molar-refractivity contribution is 6.00. The lowest BCUT2D eigenvalue weighted by atomic mass is 10.0. The van der Waals surface area contributed by atoms with E-state index in [4.69, 9.17) is 0 Å². The third-order valence-corrected chi connectivity index (χ3v) is 5.70. The van der Waals surface area contributed by atoms with Crippen LogP contribution in [-0.2, 0) is 4.79 Å². The third-order valence-electron chi connectivity index (χ3n) is 5.70. The summed E-state index contributed by atoms with van der Waals surface area (Å²) in [7, 11) is 0. The molecule has 7 nitrogen and oxygen atoms in total. The molecule has 1 atom stereocenters. The van der Waals surface area contributed by atoms with E-state index in [1.165, 1.54) is 0 Å².